The first kappa shape index (κ1) is 15.0. The maximum Gasteiger partial charge on any atom is 0.407 e. The highest BCUT2D eigenvalue weighted by Gasteiger charge is 2.21. The number of hydrogen-bond acceptors (Lipinski definition) is 3. The van der Waals surface area contributed by atoms with Gasteiger partial charge in [0.2, 0.25) is 0 Å². The van der Waals surface area contributed by atoms with E-state index in [2.05, 4.69) is 11.9 Å². The fourth-order valence-electron chi connectivity index (χ4n) is 0.935. The molecule has 1 amide bonds. The lowest BCUT2D eigenvalue weighted by molar-refractivity contribution is -0.00458. The molecule has 0 spiro atoms. The quantitative estimate of drug-likeness (QED) is 0.737. The van der Waals surface area contributed by atoms with Crippen LogP contribution in [0.2, 0.25) is 0 Å². The molecule has 0 radical (unpaired) electrons. The SMILES string of the molecule is C=CCOC(C)(C)CNC(=O)OC(C)(C)C. The van der Waals surface area contributed by atoms with Crippen LogP contribution in [0.25, 0.3) is 0 Å². The van der Waals surface area contributed by atoms with Gasteiger partial charge in [0, 0.05) is 6.54 Å². The van der Waals surface area contributed by atoms with Crippen LogP contribution in [0, 0.1) is 0 Å². The molecule has 0 aromatic heterocycles. The molecule has 0 saturated heterocycles. The lowest BCUT2D eigenvalue weighted by Crippen LogP contribution is -2.42. The average Bonchev–Trinajstić information content (AvgIpc) is 2.09. The molecule has 4 heteroatoms. The van der Waals surface area contributed by atoms with Crippen LogP contribution >= 0.6 is 0 Å². The summed E-state index contributed by atoms with van der Waals surface area (Å²) in [5.41, 5.74) is -0.901. The van der Waals surface area contributed by atoms with Crippen LogP contribution in [-0.2, 0) is 9.47 Å². The number of amides is 1. The summed E-state index contributed by atoms with van der Waals surface area (Å²) < 4.78 is 10.6. The molecule has 0 aliphatic rings. The molecule has 1 N–H and O–H groups in total. The van der Waals surface area contributed by atoms with Crippen LogP contribution in [0.5, 0.6) is 0 Å². The maximum atomic E-state index is 11.4. The Morgan fingerprint density at radius 2 is 1.88 bits per heavy atom. The normalized spacial score (nSPS) is 12.1. The Bertz CT molecular complexity index is 241. The Morgan fingerprint density at radius 3 is 2.31 bits per heavy atom. The van der Waals surface area contributed by atoms with Crippen molar-refractivity contribution >= 4 is 6.09 Å². The van der Waals surface area contributed by atoms with E-state index >= 15 is 0 Å². The van der Waals surface area contributed by atoms with Gasteiger partial charge in [-0.2, -0.15) is 0 Å². The van der Waals surface area contributed by atoms with Gasteiger partial charge in [-0.25, -0.2) is 4.79 Å². The van der Waals surface area contributed by atoms with E-state index in [9.17, 15) is 4.79 Å². The Labute approximate surface area is 98.0 Å². The van der Waals surface area contributed by atoms with E-state index < -0.39 is 17.3 Å². The second kappa shape index (κ2) is 5.89. The molecule has 0 aromatic rings. The van der Waals surface area contributed by atoms with Crippen molar-refractivity contribution in [1.82, 2.24) is 5.32 Å². The van der Waals surface area contributed by atoms with E-state index in [0.29, 0.717) is 13.2 Å². The Hall–Kier alpha value is -1.03. The van der Waals surface area contributed by atoms with E-state index in [1.165, 1.54) is 0 Å². The van der Waals surface area contributed by atoms with E-state index in [0.717, 1.165) is 0 Å². The van der Waals surface area contributed by atoms with Gasteiger partial charge in [0.15, 0.2) is 0 Å². The van der Waals surface area contributed by atoms with Gasteiger partial charge in [-0.05, 0) is 34.6 Å². The lowest BCUT2D eigenvalue weighted by Gasteiger charge is -2.26. The van der Waals surface area contributed by atoms with Crippen molar-refractivity contribution in [3.63, 3.8) is 0 Å². The Balaban J connectivity index is 3.95. The summed E-state index contributed by atoms with van der Waals surface area (Å²) in [6.45, 7) is 13.7. The smallest absolute Gasteiger partial charge is 0.407 e. The third-order valence-corrected chi connectivity index (χ3v) is 1.65. The van der Waals surface area contributed by atoms with E-state index in [-0.39, 0.29) is 0 Å². The molecule has 0 bridgehead atoms. The average molecular weight is 229 g/mol. The summed E-state index contributed by atoms with van der Waals surface area (Å²) in [7, 11) is 0. The Morgan fingerprint density at radius 1 is 1.31 bits per heavy atom. The van der Waals surface area contributed by atoms with Gasteiger partial charge in [0.25, 0.3) is 0 Å². The van der Waals surface area contributed by atoms with Crippen molar-refractivity contribution in [3.05, 3.63) is 12.7 Å². The number of alkyl carbamates (subject to hydrolysis) is 1. The number of nitrogens with one attached hydrogen (secondary N) is 1. The molecule has 0 aliphatic heterocycles. The molecule has 0 aliphatic carbocycles. The van der Waals surface area contributed by atoms with Crippen molar-refractivity contribution in [1.29, 1.82) is 0 Å². The first-order valence-corrected chi connectivity index (χ1v) is 5.38. The molecule has 0 saturated carbocycles. The van der Waals surface area contributed by atoms with Crippen molar-refractivity contribution in [3.8, 4) is 0 Å². The second-order valence-corrected chi connectivity index (χ2v) is 5.21. The lowest BCUT2D eigenvalue weighted by atomic mass is 10.1. The van der Waals surface area contributed by atoms with Gasteiger partial charge < -0.3 is 14.8 Å². The fraction of sp³-hybridized carbons (Fsp3) is 0.750. The number of hydrogen-bond donors (Lipinski definition) is 1. The first-order valence-electron chi connectivity index (χ1n) is 5.38. The van der Waals surface area contributed by atoms with E-state index in [4.69, 9.17) is 9.47 Å². The van der Waals surface area contributed by atoms with Crippen LogP contribution in [0.3, 0.4) is 0 Å². The first-order chi connectivity index (χ1) is 7.16. The highest BCUT2D eigenvalue weighted by atomic mass is 16.6. The molecule has 0 atom stereocenters. The van der Waals surface area contributed by atoms with Gasteiger partial charge in [0.05, 0.1) is 12.2 Å². The molecule has 0 fully saturated rings. The standard InChI is InChI=1S/C12H23NO3/c1-7-8-15-12(5,6)9-13-10(14)16-11(2,3)4/h7H,1,8-9H2,2-6H3,(H,13,14). The van der Waals surface area contributed by atoms with Crippen LogP contribution in [0.4, 0.5) is 4.79 Å². The summed E-state index contributed by atoms with van der Waals surface area (Å²) in [6, 6.07) is 0. The van der Waals surface area contributed by atoms with Gasteiger partial charge in [-0.15, -0.1) is 6.58 Å². The third kappa shape index (κ3) is 8.29. The monoisotopic (exact) mass is 229 g/mol. The molecule has 94 valence electrons. The summed E-state index contributed by atoms with van der Waals surface area (Å²) in [6.07, 6.45) is 1.25. The summed E-state index contributed by atoms with van der Waals surface area (Å²) in [5.74, 6) is 0. The molecule has 0 unspecified atom stereocenters. The Kier molecular flexibility index (Phi) is 5.51. The zero-order chi connectivity index (χ0) is 12.8. The maximum absolute atomic E-state index is 11.4. The minimum Gasteiger partial charge on any atom is -0.444 e. The van der Waals surface area contributed by atoms with E-state index in [1.807, 2.05) is 34.6 Å². The van der Waals surface area contributed by atoms with Crippen LogP contribution in [0.15, 0.2) is 12.7 Å². The predicted molar refractivity (Wildman–Crippen MR) is 64.5 cm³/mol. The summed E-state index contributed by atoms with van der Waals surface area (Å²) >= 11 is 0. The molecular weight excluding hydrogens is 206 g/mol. The summed E-state index contributed by atoms with van der Waals surface area (Å²) in [5, 5.41) is 2.67. The number of carbonyl (C=O) groups is 1. The second-order valence-electron chi connectivity index (χ2n) is 5.21. The van der Waals surface area contributed by atoms with Crippen molar-refractivity contribution in [2.75, 3.05) is 13.2 Å². The van der Waals surface area contributed by atoms with Crippen LogP contribution in [0.1, 0.15) is 34.6 Å². The molecular formula is C12H23NO3. The van der Waals surface area contributed by atoms with Gasteiger partial charge in [-0.3, -0.25) is 0 Å². The molecule has 0 aromatic carbocycles. The summed E-state index contributed by atoms with van der Waals surface area (Å²) in [4.78, 5) is 11.4. The highest BCUT2D eigenvalue weighted by molar-refractivity contribution is 5.67. The molecule has 0 rings (SSSR count). The van der Waals surface area contributed by atoms with Crippen molar-refractivity contribution < 1.29 is 14.3 Å². The van der Waals surface area contributed by atoms with Crippen LogP contribution in [-0.4, -0.2) is 30.4 Å². The van der Waals surface area contributed by atoms with Crippen molar-refractivity contribution in [2.24, 2.45) is 0 Å². The van der Waals surface area contributed by atoms with Crippen molar-refractivity contribution in [2.45, 2.75) is 45.8 Å². The minimum absolute atomic E-state index is 0.399. The van der Waals surface area contributed by atoms with E-state index in [1.54, 1.807) is 6.08 Å². The predicted octanol–water partition coefficient (Wildman–Crippen LogP) is 2.49. The topological polar surface area (TPSA) is 47.6 Å². The van der Waals surface area contributed by atoms with Gasteiger partial charge in [0.1, 0.15) is 5.60 Å². The molecule has 16 heavy (non-hydrogen) atoms. The zero-order valence-corrected chi connectivity index (χ0v) is 10.9. The number of rotatable bonds is 5. The zero-order valence-electron chi connectivity index (χ0n) is 10.9. The third-order valence-electron chi connectivity index (χ3n) is 1.65. The van der Waals surface area contributed by atoms with Gasteiger partial charge >= 0.3 is 6.09 Å². The highest BCUT2D eigenvalue weighted by Crippen LogP contribution is 2.09. The van der Waals surface area contributed by atoms with Crippen LogP contribution < -0.4 is 5.32 Å². The van der Waals surface area contributed by atoms with Gasteiger partial charge in [-0.1, -0.05) is 6.08 Å². The molecule has 4 nitrogen and oxygen atoms in total. The number of carbonyl (C=O) groups excluding carboxylic acids is 1. The fourth-order valence-corrected chi connectivity index (χ4v) is 0.935. The largest absolute Gasteiger partial charge is 0.444 e. The minimum atomic E-state index is -0.476. The number of ether oxygens (including phenoxy) is 2. The molecule has 0 heterocycles.